The molecule has 5 heteroatoms. The van der Waals surface area contributed by atoms with Gasteiger partial charge in [-0.1, -0.05) is 30.3 Å². The van der Waals surface area contributed by atoms with E-state index in [9.17, 15) is 13.6 Å². The van der Waals surface area contributed by atoms with Gasteiger partial charge in [-0.2, -0.15) is 0 Å². The molecule has 1 amide bonds. The first kappa shape index (κ1) is 16.6. The van der Waals surface area contributed by atoms with Crippen molar-refractivity contribution in [3.05, 3.63) is 65.7 Å². The van der Waals surface area contributed by atoms with Gasteiger partial charge in [0.05, 0.1) is 0 Å². The molecule has 1 saturated heterocycles. The first-order valence-corrected chi connectivity index (χ1v) is 8.14. The summed E-state index contributed by atoms with van der Waals surface area (Å²) in [5, 5.41) is 2.68. The number of hydrogen-bond acceptors (Lipinski definition) is 2. The molecular weight excluding hydrogens is 310 g/mol. The number of benzene rings is 2. The van der Waals surface area contributed by atoms with Crippen LogP contribution in [0.1, 0.15) is 18.4 Å². The van der Waals surface area contributed by atoms with E-state index in [2.05, 4.69) is 22.3 Å². The molecule has 1 N–H and O–H groups in total. The summed E-state index contributed by atoms with van der Waals surface area (Å²) >= 11 is 0. The molecule has 0 aromatic heterocycles. The van der Waals surface area contributed by atoms with Gasteiger partial charge in [0.1, 0.15) is 0 Å². The minimum atomic E-state index is -0.953. The van der Waals surface area contributed by atoms with Crippen LogP contribution in [0.15, 0.2) is 48.5 Å². The van der Waals surface area contributed by atoms with Gasteiger partial charge < -0.3 is 5.32 Å². The first-order chi connectivity index (χ1) is 11.6. The monoisotopic (exact) mass is 330 g/mol. The average molecular weight is 330 g/mol. The molecule has 1 heterocycles. The zero-order valence-corrected chi connectivity index (χ0v) is 13.3. The lowest BCUT2D eigenvalue weighted by atomic mass is 9.95. The van der Waals surface area contributed by atoms with Crippen LogP contribution in [0, 0.1) is 17.6 Å². The smallest absolute Gasteiger partial charge is 0.227 e. The van der Waals surface area contributed by atoms with Crippen molar-refractivity contribution < 1.29 is 13.6 Å². The molecule has 1 fully saturated rings. The maximum Gasteiger partial charge on any atom is 0.227 e. The van der Waals surface area contributed by atoms with E-state index in [1.165, 1.54) is 11.6 Å². The van der Waals surface area contributed by atoms with Crippen molar-refractivity contribution in [2.75, 3.05) is 18.4 Å². The van der Waals surface area contributed by atoms with Gasteiger partial charge >= 0.3 is 0 Å². The predicted molar refractivity (Wildman–Crippen MR) is 89.4 cm³/mol. The minimum Gasteiger partial charge on any atom is -0.326 e. The summed E-state index contributed by atoms with van der Waals surface area (Å²) in [6.45, 7) is 2.59. The molecular formula is C19H20F2N2O. The molecule has 3 rings (SSSR count). The van der Waals surface area contributed by atoms with Crippen molar-refractivity contribution in [3.63, 3.8) is 0 Å². The van der Waals surface area contributed by atoms with Crippen LogP contribution >= 0.6 is 0 Å². The minimum absolute atomic E-state index is 0.0925. The van der Waals surface area contributed by atoms with E-state index in [1.54, 1.807) is 0 Å². The summed E-state index contributed by atoms with van der Waals surface area (Å²) in [7, 11) is 0. The summed E-state index contributed by atoms with van der Waals surface area (Å²) in [5.74, 6) is -2.08. The molecule has 126 valence electrons. The average Bonchev–Trinajstić information content (AvgIpc) is 2.60. The maximum atomic E-state index is 13.2. The quantitative estimate of drug-likeness (QED) is 0.924. The summed E-state index contributed by atoms with van der Waals surface area (Å²) in [4.78, 5) is 14.6. The molecule has 2 aromatic rings. The predicted octanol–water partition coefficient (Wildman–Crippen LogP) is 3.82. The number of amides is 1. The molecule has 24 heavy (non-hydrogen) atoms. The van der Waals surface area contributed by atoms with Crippen LogP contribution in [0.2, 0.25) is 0 Å². The second-order valence-electron chi connectivity index (χ2n) is 6.15. The number of carbonyl (C=O) groups excluding carboxylic acids is 1. The van der Waals surface area contributed by atoms with Crippen LogP contribution in [-0.2, 0) is 11.3 Å². The molecule has 3 nitrogen and oxygen atoms in total. The lowest BCUT2D eigenvalue weighted by Gasteiger charge is -2.31. The number of halogens is 2. The van der Waals surface area contributed by atoms with Crippen molar-refractivity contribution in [3.8, 4) is 0 Å². The Bertz CT molecular complexity index is 698. The largest absolute Gasteiger partial charge is 0.326 e. The molecule has 0 radical (unpaired) electrons. The van der Waals surface area contributed by atoms with Gasteiger partial charge in [0.2, 0.25) is 5.91 Å². The van der Waals surface area contributed by atoms with Gasteiger partial charge in [-0.25, -0.2) is 8.78 Å². The number of nitrogens with zero attached hydrogens (tertiary/aromatic N) is 1. The van der Waals surface area contributed by atoms with Crippen molar-refractivity contribution in [1.82, 2.24) is 4.90 Å². The van der Waals surface area contributed by atoms with Crippen molar-refractivity contribution in [2.45, 2.75) is 19.4 Å². The van der Waals surface area contributed by atoms with Crippen molar-refractivity contribution >= 4 is 11.6 Å². The summed E-state index contributed by atoms with van der Waals surface area (Å²) in [6, 6.07) is 13.7. The van der Waals surface area contributed by atoms with Crippen LogP contribution in [0.25, 0.3) is 0 Å². The van der Waals surface area contributed by atoms with Gasteiger partial charge in [-0.15, -0.1) is 0 Å². The van der Waals surface area contributed by atoms with Gasteiger partial charge in [-0.3, -0.25) is 9.69 Å². The van der Waals surface area contributed by atoms with E-state index in [1.807, 2.05) is 18.2 Å². The van der Waals surface area contributed by atoms with Crippen LogP contribution in [-0.4, -0.2) is 23.9 Å². The Morgan fingerprint density at radius 1 is 1.04 bits per heavy atom. The number of rotatable bonds is 4. The number of piperidine rings is 1. The highest BCUT2D eigenvalue weighted by atomic mass is 19.2. The number of hydrogen-bond donors (Lipinski definition) is 1. The van der Waals surface area contributed by atoms with E-state index in [0.717, 1.165) is 44.6 Å². The van der Waals surface area contributed by atoms with Gasteiger partial charge in [0, 0.05) is 24.2 Å². The second kappa shape index (κ2) is 7.53. The molecule has 0 unspecified atom stereocenters. The maximum absolute atomic E-state index is 13.2. The molecule has 2 aromatic carbocycles. The number of anilines is 1. The Labute approximate surface area is 140 Å². The Hall–Kier alpha value is -2.27. The van der Waals surface area contributed by atoms with Crippen LogP contribution < -0.4 is 5.32 Å². The van der Waals surface area contributed by atoms with Crippen molar-refractivity contribution in [2.24, 2.45) is 5.92 Å². The van der Waals surface area contributed by atoms with Gasteiger partial charge in [0.25, 0.3) is 0 Å². The summed E-state index contributed by atoms with van der Waals surface area (Å²) in [6.07, 6.45) is 1.53. The summed E-state index contributed by atoms with van der Waals surface area (Å²) < 4.78 is 26.1. The number of nitrogens with one attached hydrogen (secondary N) is 1. The SMILES string of the molecule is O=C(Nc1ccc(F)c(F)c1)C1CCN(Cc2ccccc2)CC1. The zero-order valence-electron chi connectivity index (χ0n) is 13.3. The van der Waals surface area contributed by atoms with E-state index in [4.69, 9.17) is 0 Å². The molecule has 0 bridgehead atoms. The normalized spacial score (nSPS) is 16.1. The van der Waals surface area contributed by atoms with Crippen molar-refractivity contribution in [1.29, 1.82) is 0 Å². The molecule has 0 saturated carbocycles. The lowest BCUT2D eigenvalue weighted by molar-refractivity contribution is -0.121. The Morgan fingerprint density at radius 2 is 1.75 bits per heavy atom. The Kier molecular flexibility index (Phi) is 5.20. The van der Waals surface area contributed by atoms with E-state index in [0.29, 0.717) is 5.69 Å². The molecule has 1 aliphatic heterocycles. The standard InChI is InChI=1S/C19H20F2N2O/c20-17-7-6-16(12-18(17)21)22-19(24)15-8-10-23(11-9-15)13-14-4-2-1-3-5-14/h1-7,12,15H,8-11,13H2,(H,22,24). The fourth-order valence-corrected chi connectivity index (χ4v) is 3.01. The number of carbonyl (C=O) groups is 1. The molecule has 0 atom stereocenters. The van der Waals surface area contributed by atoms with Crippen LogP contribution in [0.3, 0.4) is 0 Å². The Balaban J connectivity index is 1.50. The highest BCUT2D eigenvalue weighted by Crippen LogP contribution is 2.21. The fraction of sp³-hybridized carbons (Fsp3) is 0.316. The molecule has 1 aliphatic rings. The Morgan fingerprint density at radius 3 is 2.42 bits per heavy atom. The number of likely N-dealkylation sites (tertiary alicyclic amines) is 1. The third-order valence-corrected chi connectivity index (χ3v) is 4.39. The van der Waals surface area contributed by atoms with E-state index in [-0.39, 0.29) is 11.8 Å². The third kappa shape index (κ3) is 4.17. The summed E-state index contributed by atoms with van der Waals surface area (Å²) in [5.41, 5.74) is 1.56. The fourth-order valence-electron chi connectivity index (χ4n) is 3.01. The van der Waals surface area contributed by atoms with Gasteiger partial charge in [-0.05, 0) is 43.6 Å². The van der Waals surface area contributed by atoms with Crippen LogP contribution in [0.4, 0.5) is 14.5 Å². The third-order valence-electron chi connectivity index (χ3n) is 4.39. The van der Waals surface area contributed by atoms with Crippen LogP contribution in [0.5, 0.6) is 0 Å². The first-order valence-electron chi connectivity index (χ1n) is 8.14. The molecule has 0 aliphatic carbocycles. The van der Waals surface area contributed by atoms with Gasteiger partial charge in [0.15, 0.2) is 11.6 Å². The van der Waals surface area contributed by atoms with E-state index >= 15 is 0 Å². The lowest BCUT2D eigenvalue weighted by Crippen LogP contribution is -2.37. The topological polar surface area (TPSA) is 32.3 Å². The second-order valence-corrected chi connectivity index (χ2v) is 6.15. The zero-order chi connectivity index (χ0) is 16.9. The molecule has 0 spiro atoms. The van der Waals surface area contributed by atoms with E-state index < -0.39 is 11.6 Å². The highest BCUT2D eigenvalue weighted by Gasteiger charge is 2.25. The highest BCUT2D eigenvalue weighted by molar-refractivity contribution is 5.92.